The first-order valence-corrected chi connectivity index (χ1v) is 5.31. The van der Waals surface area contributed by atoms with Crippen molar-refractivity contribution in [3.8, 4) is 0 Å². The predicted octanol–water partition coefficient (Wildman–Crippen LogP) is 1.98. The second kappa shape index (κ2) is 7.21. The van der Waals surface area contributed by atoms with Crippen molar-refractivity contribution >= 4 is 0 Å². The summed E-state index contributed by atoms with van der Waals surface area (Å²) in [6.45, 7) is 9.86. The van der Waals surface area contributed by atoms with Crippen LogP contribution in [0.25, 0.3) is 0 Å². The zero-order chi connectivity index (χ0) is 11.0. The van der Waals surface area contributed by atoms with Gasteiger partial charge in [0.1, 0.15) is 0 Å². The first-order chi connectivity index (χ1) is 6.42. The molecule has 1 N–H and O–H groups in total. The molecule has 0 aromatic carbocycles. The number of hydrogen-bond donors (Lipinski definition) is 1. The highest BCUT2D eigenvalue weighted by atomic mass is 16.5. The molecular weight excluding hydrogens is 180 g/mol. The Labute approximate surface area is 87.4 Å². The van der Waals surface area contributed by atoms with Crippen LogP contribution in [0.3, 0.4) is 0 Å². The zero-order valence-electron chi connectivity index (χ0n) is 9.88. The molecule has 0 aromatic heterocycles. The van der Waals surface area contributed by atoms with Gasteiger partial charge in [-0.2, -0.15) is 0 Å². The third-order valence-corrected chi connectivity index (χ3v) is 1.67. The van der Waals surface area contributed by atoms with E-state index in [0.29, 0.717) is 19.8 Å². The minimum absolute atomic E-state index is 0.0804. The van der Waals surface area contributed by atoms with E-state index in [-0.39, 0.29) is 11.7 Å². The van der Waals surface area contributed by atoms with Crippen molar-refractivity contribution in [3.63, 3.8) is 0 Å². The Bertz CT molecular complexity index is 127. The van der Waals surface area contributed by atoms with E-state index >= 15 is 0 Å². The van der Waals surface area contributed by atoms with E-state index < -0.39 is 0 Å². The molecule has 0 spiro atoms. The normalized spacial score (nSPS) is 14.4. The standard InChI is InChI=1S/C11H24O3/c1-10(12)6-5-7-13-8-9-14-11(2,3)4/h10,12H,5-9H2,1-4H3. The zero-order valence-corrected chi connectivity index (χ0v) is 9.88. The highest BCUT2D eigenvalue weighted by Gasteiger charge is 2.08. The van der Waals surface area contributed by atoms with Crippen molar-refractivity contribution in [1.82, 2.24) is 0 Å². The van der Waals surface area contributed by atoms with Gasteiger partial charge in [-0.1, -0.05) is 0 Å². The summed E-state index contributed by atoms with van der Waals surface area (Å²) >= 11 is 0. The molecule has 0 radical (unpaired) electrons. The summed E-state index contributed by atoms with van der Waals surface area (Å²) in [6, 6.07) is 0. The average molecular weight is 204 g/mol. The topological polar surface area (TPSA) is 38.7 Å². The van der Waals surface area contributed by atoms with Crippen LogP contribution in [-0.2, 0) is 9.47 Å². The van der Waals surface area contributed by atoms with Crippen molar-refractivity contribution in [1.29, 1.82) is 0 Å². The molecule has 1 atom stereocenters. The lowest BCUT2D eigenvalue weighted by Gasteiger charge is -2.19. The summed E-state index contributed by atoms with van der Waals surface area (Å²) in [5.74, 6) is 0. The summed E-state index contributed by atoms with van der Waals surface area (Å²) in [6.07, 6.45) is 1.50. The SMILES string of the molecule is CC(O)CCCOCCOC(C)(C)C. The van der Waals surface area contributed by atoms with E-state index in [4.69, 9.17) is 14.6 Å². The van der Waals surface area contributed by atoms with Gasteiger partial charge in [0, 0.05) is 6.61 Å². The van der Waals surface area contributed by atoms with Gasteiger partial charge >= 0.3 is 0 Å². The lowest BCUT2D eigenvalue weighted by Crippen LogP contribution is -2.22. The van der Waals surface area contributed by atoms with Crippen LogP contribution in [0.15, 0.2) is 0 Å². The molecule has 14 heavy (non-hydrogen) atoms. The third-order valence-electron chi connectivity index (χ3n) is 1.67. The van der Waals surface area contributed by atoms with E-state index in [1.807, 2.05) is 20.8 Å². The van der Waals surface area contributed by atoms with Crippen molar-refractivity contribution < 1.29 is 14.6 Å². The smallest absolute Gasteiger partial charge is 0.0707 e. The van der Waals surface area contributed by atoms with Crippen LogP contribution in [-0.4, -0.2) is 36.6 Å². The number of aliphatic hydroxyl groups excluding tert-OH is 1. The van der Waals surface area contributed by atoms with Crippen LogP contribution in [0.5, 0.6) is 0 Å². The van der Waals surface area contributed by atoms with Gasteiger partial charge in [0.25, 0.3) is 0 Å². The molecule has 0 saturated carbocycles. The van der Waals surface area contributed by atoms with Crippen LogP contribution in [0.2, 0.25) is 0 Å². The van der Waals surface area contributed by atoms with Crippen molar-refractivity contribution in [2.75, 3.05) is 19.8 Å². The van der Waals surface area contributed by atoms with Crippen molar-refractivity contribution in [2.24, 2.45) is 0 Å². The number of ether oxygens (including phenoxy) is 2. The fourth-order valence-corrected chi connectivity index (χ4v) is 0.990. The molecule has 1 unspecified atom stereocenters. The molecule has 0 rings (SSSR count). The van der Waals surface area contributed by atoms with Gasteiger partial charge in [0.15, 0.2) is 0 Å². The fraction of sp³-hybridized carbons (Fsp3) is 1.00. The van der Waals surface area contributed by atoms with Crippen LogP contribution < -0.4 is 0 Å². The van der Waals surface area contributed by atoms with E-state index in [1.165, 1.54) is 0 Å². The first kappa shape index (κ1) is 13.9. The van der Waals surface area contributed by atoms with Gasteiger partial charge in [-0.3, -0.25) is 0 Å². The first-order valence-electron chi connectivity index (χ1n) is 5.31. The van der Waals surface area contributed by atoms with E-state index in [1.54, 1.807) is 6.92 Å². The Kier molecular flexibility index (Phi) is 7.15. The summed E-state index contributed by atoms with van der Waals surface area (Å²) < 4.78 is 10.8. The molecule has 0 heterocycles. The summed E-state index contributed by atoms with van der Waals surface area (Å²) in [5.41, 5.74) is -0.0804. The molecule has 0 fully saturated rings. The summed E-state index contributed by atoms with van der Waals surface area (Å²) in [4.78, 5) is 0. The molecule has 0 bridgehead atoms. The summed E-state index contributed by atoms with van der Waals surface area (Å²) in [7, 11) is 0. The monoisotopic (exact) mass is 204 g/mol. The maximum atomic E-state index is 8.98. The average Bonchev–Trinajstić information content (AvgIpc) is 2.00. The van der Waals surface area contributed by atoms with Crippen LogP contribution >= 0.6 is 0 Å². The minimum Gasteiger partial charge on any atom is -0.393 e. The molecule has 0 aliphatic heterocycles. The summed E-state index contributed by atoms with van der Waals surface area (Å²) in [5, 5.41) is 8.98. The fourth-order valence-electron chi connectivity index (χ4n) is 0.990. The Hall–Kier alpha value is -0.120. The van der Waals surface area contributed by atoms with Crippen LogP contribution in [0, 0.1) is 0 Å². The van der Waals surface area contributed by atoms with Gasteiger partial charge in [-0.25, -0.2) is 0 Å². The molecule has 3 heteroatoms. The van der Waals surface area contributed by atoms with Gasteiger partial charge < -0.3 is 14.6 Å². The number of hydrogen-bond acceptors (Lipinski definition) is 3. The maximum absolute atomic E-state index is 8.98. The van der Waals surface area contributed by atoms with Crippen LogP contribution in [0.1, 0.15) is 40.5 Å². The molecule has 86 valence electrons. The highest BCUT2D eigenvalue weighted by molar-refractivity contribution is 4.57. The molecular formula is C11H24O3. The maximum Gasteiger partial charge on any atom is 0.0707 e. The Morgan fingerprint density at radius 1 is 1.14 bits per heavy atom. The molecule has 0 aliphatic rings. The van der Waals surface area contributed by atoms with E-state index in [2.05, 4.69) is 0 Å². The van der Waals surface area contributed by atoms with Gasteiger partial charge in [0.2, 0.25) is 0 Å². The molecule has 0 saturated heterocycles. The van der Waals surface area contributed by atoms with Gasteiger partial charge in [0.05, 0.1) is 24.9 Å². The van der Waals surface area contributed by atoms with E-state index in [0.717, 1.165) is 12.8 Å². The lowest BCUT2D eigenvalue weighted by atomic mass is 10.2. The van der Waals surface area contributed by atoms with Crippen molar-refractivity contribution in [3.05, 3.63) is 0 Å². The Morgan fingerprint density at radius 3 is 2.29 bits per heavy atom. The molecule has 3 nitrogen and oxygen atoms in total. The quantitative estimate of drug-likeness (QED) is 0.644. The number of rotatable bonds is 7. The third kappa shape index (κ3) is 11.9. The second-order valence-electron chi connectivity index (χ2n) is 4.56. The van der Waals surface area contributed by atoms with Gasteiger partial charge in [-0.15, -0.1) is 0 Å². The minimum atomic E-state index is -0.218. The lowest BCUT2D eigenvalue weighted by molar-refractivity contribution is -0.0357. The van der Waals surface area contributed by atoms with Crippen molar-refractivity contribution in [2.45, 2.75) is 52.2 Å². The molecule has 0 amide bonds. The Morgan fingerprint density at radius 2 is 1.79 bits per heavy atom. The molecule has 0 aromatic rings. The van der Waals surface area contributed by atoms with Crippen LogP contribution in [0.4, 0.5) is 0 Å². The predicted molar refractivity (Wildman–Crippen MR) is 57.4 cm³/mol. The second-order valence-corrected chi connectivity index (χ2v) is 4.56. The van der Waals surface area contributed by atoms with E-state index in [9.17, 15) is 0 Å². The largest absolute Gasteiger partial charge is 0.393 e. The highest BCUT2D eigenvalue weighted by Crippen LogP contribution is 2.05. The number of aliphatic hydroxyl groups is 1. The Balaban J connectivity index is 3.07. The molecule has 0 aliphatic carbocycles. The van der Waals surface area contributed by atoms with Gasteiger partial charge in [-0.05, 0) is 40.5 Å².